The molecule has 0 saturated heterocycles. The average molecular weight is 260 g/mol. The molecule has 1 saturated carbocycles. The van der Waals surface area contributed by atoms with Crippen LogP contribution in [0.3, 0.4) is 0 Å². The first-order valence-corrected chi connectivity index (χ1v) is 6.95. The summed E-state index contributed by atoms with van der Waals surface area (Å²) in [6, 6.07) is 7.93. The fourth-order valence-electron chi connectivity index (χ4n) is 2.94. The maximum absolute atomic E-state index is 12.7. The number of nitrogens with two attached hydrogens (primary N) is 1. The van der Waals surface area contributed by atoms with Gasteiger partial charge in [0.2, 0.25) is 5.91 Å². The van der Waals surface area contributed by atoms with Gasteiger partial charge in [0.1, 0.15) is 12.4 Å². The van der Waals surface area contributed by atoms with Crippen LogP contribution in [0.15, 0.2) is 24.3 Å². The van der Waals surface area contributed by atoms with Crippen LogP contribution in [0, 0.1) is 5.41 Å². The number of ether oxygens (including phenoxy) is 1. The summed E-state index contributed by atoms with van der Waals surface area (Å²) < 4.78 is 5.70. The van der Waals surface area contributed by atoms with E-state index in [1.165, 1.54) is 0 Å². The molecule has 4 heteroatoms. The third kappa shape index (κ3) is 2.10. The topological polar surface area (TPSA) is 55.6 Å². The van der Waals surface area contributed by atoms with Crippen molar-refractivity contribution in [2.45, 2.75) is 25.8 Å². The van der Waals surface area contributed by atoms with Crippen molar-refractivity contribution in [3.05, 3.63) is 29.8 Å². The number of carbonyl (C=O) groups excluding carboxylic acids is 1. The van der Waals surface area contributed by atoms with Gasteiger partial charge in [-0.25, -0.2) is 0 Å². The summed E-state index contributed by atoms with van der Waals surface area (Å²) in [7, 11) is 0. The van der Waals surface area contributed by atoms with Gasteiger partial charge in [0.05, 0.1) is 12.0 Å². The predicted molar refractivity (Wildman–Crippen MR) is 72.7 cm³/mol. The van der Waals surface area contributed by atoms with Crippen LogP contribution < -0.4 is 10.5 Å². The zero-order valence-corrected chi connectivity index (χ0v) is 11.1. The van der Waals surface area contributed by atoms with Crippen molar-refractivity contribution in [1.29, 1.82) is 0 Å². The van der Waals surface area contributed by atoms with Crippen LogP contribution in [0.1, 0.15) is 24.8 Å². The highest BCUT2D eigenvalue weighted by atomic mass is 16.5. The second kappa shape index (κ2) is 4.85. The monoisotopic (exact) mass is 260 g/mol. The van der Waals surface area contributed by atoms with Crippen LogP contribution in [0.4, 0.5) is 0 Å². The van der Waals surface area contributed by atoms with Crippen molar-refractivity contribution in [3.63, 3.8) is 0 Å². The van der Waals surface area contributed by atoms with E-state index in [0.29, 0.717) is 26.2 Å². The fraction of sp³-hybridized carbons (Fsp3) is 0.533. The molecule has 1 aromatic carbocycles. The second-order valence-corrected chi connectivity index (χ2v) is 5.52. The third-order valence-electron chi connectivity index (χ3n) is 4.39. The van der Waals surface area contributed by atoms with Gasteiger partial charge < -0.3 is 15.4 Å². The lowest BCUT2D eigenvalue weighted by molar-refractivity contribution is -0.147. The quantitative estimate of drug-likeness (QED) is 0.877. The number of rotatable bonds is 2. The highest BCUT2D eigenvalue weighted by molar-refractivity contribution is 5.84. The lowest BCUT2D eigenvalue weighted by atomic mass is 9.68. The number of para-hydroxylation sites is 1. The van der Waals surface area contributed by atoms with Crippen molar-refractivity contribution in [1.82, 2.24) is 4.90 Å². The standard InChI is InChI=1S/C15H20N2O2/c16-11-15(6-3-7-15)14(18)17-8-9-19-13-5-2-1-4-12(13)10-17/h1-2,4-5H,3,6-11,16H2. The second-order valence-electron chi connectivity index (χ2n) is 5.52. The van der Waals surface area contributed by atoms with Gasteiger partial charge >= 0.3 is 0 Å². The van der Waals surface area contributed by atoms with E-state index in [1.54, 1.807) is 0 Å². The van der Waals surface area contributed by atoms with E-state index >= 15 is 0 Å². The van der Waals surface area contributed by atoms with Crippen LogP contribution in [-0.2, 0) is 11.3 Å². The number of amides is 1. The molecule has 0 unspecified atom stereocenters. The van der Waals surface area contributed by atoms with E-state index in [1.807, 2.05) is 29.2 Å². The van der Waals surface area contributed by atoms with E-state index in [4.69, 9.17) is 10.5 Å². The summed E-state index contributed by atoms with van der Waals surface area (Å²) in [4.78, 5) is 14.6. The summed E-state index contributed by atoms with van der Waals surface area (Å²) in [6.45, 7) is 2.31. The van der Waals surface area contributed by atoms with Gasteiger partial charge in [-0.15, -0.1) is 0 Å². The number of hydrogen-bond donors (Lipinski definition) is 1. The number of nitrogens with zero attached hydrogens (tertiary/aromatic N) is 1. The SMILES string of the molecule is NCC1(C(=O)N2CCOc3ccccc3C2)CCC1. The zero-order valence-electron chi connectivity index (χ0n) is 11.1. The molecule has 102 valence electrons. The Hall–Kier alpha value is -1.55. The van der Waals surface area contributed by atoms with Gasteiger partial charge in [-0.1, -0.05) is 24.6 Å². The molecule has 1 amide bonds. The molecular formula is C15H20N2O2. The highest BCUT2D eigenvalue weighted by Crippen LogP contribution is 2.42. The van der Waals surface area contributed by atoms with Gasteiger partial charge in [0.15, 0.2) is 0 Å². The Morgan fingerprint density at radius 1 is 1.37 bits per heavy atom. The van der Waals surface area contributed by atoms with Crippen LogP contribution in [0.25, 0.3) is 0 Å². The number of carbonyl (C=O) groups is 1. The van der Waals surface area contributed by atoms with Crippen molar-refractivity contribution < 1.29 is 9.53 Å². The Morgan fingerprint density at radius 2 is 2.16 bits per heavy atom. The van der Waals surface area contributed by atoms with Crippen LogP contribution in [0.5, 0.6) is 5.75 Å². The molecule has 2 aliphatic rings. The molecule has 1 aliphatic heterocycles. The maximum atomic E-state index is 12.7. The predicted octanol–water partition coefficient (Wildman–Crippen LogP) is 1.54. The Balaban J connectivity index is 1.81. The van der Waals surface area contributed by atoms with E-state index in [0.717, 1.165) is 30.6 Å². The van der Waals surface area contributed by atoms with Crippen molar-refractivity contribution in [3.8, 4) is 5.75 Å². The first-order chi connectivity index (χ1) is 9.25. The lowest BCUT2D eigenvalue weighted by Crippen LogP contribution is -2.52. The normalized spacial score (nSPS) is 20.8. The molecule has 1 heterocycles. The summed E-state index contributed by atoms with van der Waals surface area (Å²) in [6.07, 6.45) is 2.98. The molecule has 1 aliphatic carbocycles. The van der Waals surface area contributed by atoms with Crippen LogP contribution in [0.2, 0.25) is 0 Å². The molecule has 1 fully saturated rings. The minimum atomic E-state index is -0.292. The minimum Gasteiger partial charge on any atom is -0.491 e. The van der Waals surface area contributed by atoms with Crippen molar-refractivity contribution >= 4 is 5.91 Å². The molecule has 0 aromatic heterocycles. The first kappa shape index (κ1) is 12.5. The number of benzene rings is 1. The van der Waals surface area contributed by atoms with E-state index in [9.17, 15) is 4.79 Å². The van der Waals surface area contributed by atoms with Crippen LogP contribution >= 0.6 is 0 Å². The molecule has 4 nitrogen and oxygen atoms in total. The summed E-state index contributed by atoms with van der Waals surface area (Å²) in [5, 5.41) is 0. The van der Waals surface area contributed by atoms with Gasteiger partial charge in [0, 0.05) is 18.7 Å². The van der Waals surface area contributed by atoms with Crippen LogP contribution in [-0.4, -0.2) is 30.5 Å². The van der Waals surface area contributed by atoms with E-state index in [-0.39, 0.29) is 11.3 Å². The van der Waals surface area contributed by atoms with E-state index in [2.05, 4.69) is 0 Å². The molecule has 19 heavy (non-hydrogen) atoms. The fourth-order valence-corrected chi connectivity index (χ4v) is 2.94. The highest BCUT2D eigenvalue weighted by Gasteiger charge is 2.45. The smallest absolute Gasteiger partial charge is 0.230 e. The van der Waals surface area contributed by atoms with Gasteiger partial charge in [-0.2, -0.15) is 0 Å². The Kier molecular flexibility index (Phi) is 3.19. The van der Waals surface area contributed by atoms with E-state index < -0.39 is 0 Å². The molecule has 0 atom stereocenters. The molecule has 1 aromatic rings. The molecule has 2 N–H and O–H groups in total. The average Bonchev–Trinajstić information content (AvgIpc) is 2.60. The minimum absolute atomic E-state index is 0.210. The Bertz CT molecular complexity index is 477. The Labute approximate surface area is 113 Å². The summed E-state index contributed by atoms with van der Waals surface area (Å²) in [5.41, 5.74) is 6.62. The molecule has 0 spiro atoms. The number of fused-ring (bicyclic) bond motifs is 1. The van der Waals surface area contributed by atoms with Crippen molar-refractivity contribution in [2.75, 3.05) is 19.7 Å². The first-order valence-electron chi connectivity index (χ1n) is 6.95. The summed E-state index contributed by atoms with van der Waals surface area (Å²) >= 11 is 0. The van der Waals surface area contributed by atoms with Crippen molar-refractivity contribution in [2.24, 2.45) is 11.1 Å². The molecule has 0 radical (unpaired) electrons. The van der Waals surface area contributed by atoms with Gasteiger partial charge in [-0.05, 0) is 18.9 Å². The maximum Gasteiger partial charge on any atom is 0.230 e. The molecular weight excluding hydrogens is 240 g/mol. The number of hydrogen-bond acceptors (Lipinski definition) is 3. The lowest BCUT2D eigenvalue weighted by Gasteiger charge is -2.42. The summed E-state index contributed by atoms with van der Waals surface area (Å²) in [5.74, 6) is 1.11. The molecule has 3 rings (SSSR count). The van der Waals surface area contributed by atoms with Gasteiger partial charge in [-0.3, -0.25) is 4.79 Å². The third-order valence-corrected chi connectivity index (χ3v) is 4.39. The van der Waals surface area contributed by atoms with Gasteiger partial charge in [0.25, 0.3) is 0 Å². The largest absolute Gasteiger partial charge is 0.491 e. The molecule has 0 bridgehead atoms. The zero-order chi connectivity index (χ0) is 13.3. The Morgan fingerprint density at radius 3 is 2.84 bits per heavy atom.